The predicted octanol–water partition coefficient (Wildman–Crippen LogP) is 4.94. The summed E-state index contributed by atoms with van der Waals surface area (Å²) >= 11 is 0. The van der Waals surface area contributed by atoms with E-state index >= 15 is 0 Å². The average Bonchev–Trinajstić information content (AvgIpc) is 3.22. The Morgan fingerprint density at radius 1 is 1.00 bits per heavy atom. The van der Waals surface area contributed by atoms with Gasteiger partial charge in [0, 0.05) is 12.8 Å². The van der Waals surface area contributed by atoms with E-state index in [1.165, 1.54) is 32.1 Å². The van der Waals surface area contributed by atoms with Crippen molar-refractivity contribution in [3.8, 4) is 0 Å². The van der Waals surface area contributed by atoms with E-state index in [1.807, 2.05) is 0 Å². The average molecular weight is 375 g/mol. The van der Waals surface area contributed by atoms with Gasteiger partial charge in [0.1, 0.15) is 0 Å². The fraction of sp³-hybridized carbons (Fsp3) is 0.917. The van der Waals surface area contributed by atoms with Crippen LogP contribution in [0.15, 0.2) is 12.7 Å². The van der Waals surface area contributed by atoms with E-state index in [-0.39, 0.29) is 17.3 Å². The van der Waals surface area contributed by atoms with E-state index in [0.717, 1.165) is 56.7 Å². The molecule has 3 heteroatoms. The van der Waals surface area contributed by atoms with Crippen LogP contribution >= 0.6 is 0 Å². The first-order valence-corrected chi connectivity index (χ1v) is 11.5. The van der Waals surface area contributed by atoms with Crippen LogP contribution < -0.4 is 0 Å². The van der Waals surface area contributed by atoms with Crippen LogP contribution in [0.5, 0.6) is 0 Å². The molecule has 1 heterocycles. The third-order valence-corrected chi connectivity index (χ3v) is 10.1. The normalized spacial score (nSPS) is 53.6. The lowest BCUT2D eigenvalue weighted by atomic mass is 9.42. The Hall–Kier alpha value is -0.380. The Morgan fingerprint density at radius 2 is 1.74 bits per heavy atom. The van der Waals surface area contributed by atoms with Crippen molar-refractivity contribution >= 4 is 0 Å². The van der Waals surface area contributed by atoms with Gasteiger partial charge in [0.15, 0.2) is 5.79 Å². The second-order valence-electron chi connectivity index (χ2n) is 11.0. The molecule has 8 atom stereocenters. The van der Waals surface area contributed by atoms with Crippen molar-refractivity contribution in [2.24, 2.45) is 40.4 Å². The van der Waals surface area contributed by atoms with Crippen molar-refractivity contribution in [1.29, 1.82) is 0 Å². The van der Waals surface area contributed by atoms with Crippen molar-refractivity contribution in [2.45, 2.75) is 83.5 Å². The molecule has 0 radical (unpaired) electrons. The molecule has 0 aromatic heterocycles. The molecular weight excluding hydrogens is 336 g/mol. The summed E-state index contributed by atoms with van der Waals surface area (Å²) in [6.45, 7) is 10.6. The molecule has 1 spiro atoms. The third kappa shape index (κ3) is 2.57. The van der Waals surface area contributed by atoms with Gasteiger partial charge >= 0.3 is 0 Å². The smallest absolute Gasteiger partial charge is 0.168 e. The van der Waals surface area contributed by atoms with Gasteiger partial charge in [-0.25, -0.2) is 0 Å². The minimum Gasteiger partial charge on any atom is -0.393 e. The zero-order valence-electron chi connectivity index (χ0n) is 17.3. The molecule has 5 fully saturated rings. The van der Waals surface area contributed by atoms with E-state index in [4.69, 9.17) is 9.47 Å². The SMILES string of the molecule is C=CC[C@@H]1C[C@H]2CC3(CC[C@]2(C)C2CC[C@@]4(C)C(CC[C@@H]4O)C21)OCCO3. The minimum atomic E-state index is -0.275. The van der Waals surface area contributed by atoms with Crippen molar-refractivity contribution < 1.29 is 14.6 Å². The zero-order valence-corrected chi connectivity index (χ0v) is 17.3. The second-order valence-corrected chi connectivity index (χ2v) is 11.0. The first-order chi connectivity index (χ1) is 12.9. The predicted molar refractivity (Wildman–Crippen MR) is 106 cm³/mol. The molecule has 0 bridgehead atoms. The minimum absolute atomic E-state index is 0.0896. The first kappa shape index (κ1) is 18.6. The van der Waals surface area contributed by atoms with E-state index in [1.54, 1.807) is 0 Å². The van der Waals surface area contributed by atoms with Crippen LogP contribution in [0.2, 0.25) is 0 Å². The standard InChI is InChI=1S/C24H38O3/c1-4-5-16-14-17-15-24(26-12-13-27-24)11-10-22(17,2)19-8-9-23(3)18(21(16)19)6-7-20(23)25/h4,16-21,25H,1,5-15H2,2-3H3/t16-,17+,18?,19?,20+,21?,22+,23+/m1/s1. The quantitative estimate of drug-likeness (QED) is 0.696. The fourth-order valence-corrected chi connectivity index (χ4v) is 8.56. The topological polar surface area (TPSA) is 38.7 Å². The molecule has 3 nitrogen and oxygen atoms in total. The molecule has 152 valence electrons. The van der Waals surface area contributed by atoms with Crippen LogP contribution in [-0.4, -0.2) is 30.2 Å². The van der Waals surface area contributed by atoms with Gasteiger partial charge in [-0.05, 0) is 85.4 Å². The van der Waals surface area contributed by atoms with Crippen LogP contribution in [0.3, 0.4) is 0 Å². The van der Waals surface area contributed by atoms with Gasteiger partial charge in [0.25, 0.3) is 0 Å². The number of aliphatic hydroxyl groups is 1. The highest BCUT2D eigenvalue weighted by molar-refractivity contribution is 5.12. The van der Waals surface area contributed by atoms with E-state index in [0.29, 0.717) is 17.3 Å². The number of rotatable bonds is 2. The number of hydrogen-bond acceptors (Lipinski definition) is 3. The van der Waals surface area contributed by atoms with E-state index < -0.39 is 0 Å². The zero-order chi connectivity index (χ0) is 18.9. The van der Waals surface area contributed by atoms with Gasteiger partial charge in [-0.15, -0.1) is 6.58 Å². The Balaban J connectivity index is 1.48. The van der Waals surface area contributed by atoms with Gasteiger partial charge in [0.2, 0.25) is 0 Å². The summed E-state index contributed by atoms with van der Waals surface area (Å²) in [5, 5.41) is 10.8. The molecule has 27 heavy (non-hydrogen) atoms. The van der Waals surface area contributed by atoms with E-state index in [2.05, 4.69) is 26.5 Å². The number of fused-ring (bicyclic) bond motifs is 5. The summed E-state index contributed by atoms with van der Waals surface area (Å²) < 4.78 is 12.3. The van der Waals surface area contributed by atoms with Gasteiger partial charge in [-0.3, -0.25) is 0 Å². The molecule has 4 aliphatic carbocycles. The lowest BCUT2D eigenvalue weighted by Gasteiger charge is -2.63. The van der Waals surface area contributed by atoms with Gasteiger partial charge < -0.3 is 14.6 Å². The summed E-state index contributed by atoms with van der Waals surface area (Å²) in [7, 11) is 0. The number of aliphatic hydroxyl groups excluding tert-OH is 1. The van der Waals surface area contributed by atoms with Crippen LogP contribution in [-0.2, 0) is 9.47 Å². The van der Waals surface area contributed by atoms with Crippen molar-refractivity contribution in [3.05, 3.63) is 12.7 Å². The molecule has 5 aliphatic rings. The first-order valence-electron chi connectivity index (χ1n) is 11.5. The lowest BCUT2D eigenvalue weighted by Crippen LogP contribution is -2.58. The number of hydrogen-bond donors (Lipinski definition) is 1. The van der Waals surface area contributed by atoms with Gasteiger partial charge in [0.05, 0.1) is 19.3 Å². The van der Waals surface area contributed by atoms with Crippen LogP contribution in [0.25, 0.3) is 0 Å². The van der Waals surface area contributed by atoms with Crippen LogP contribution in [0, 0.1) is 40.4 Å². The van der Waals surface area contributed by atoms with E-state index in [9.17, 15) is 5.11 Å². The molecule has 5 rings (SSSR count). The molecule has 3 unspecified atom stereocenters. The summed E-state index contributed by atoms with van der Waals surface area (Å²) in [4.78, 5) is 0. The maximum Gasteiger partial charge on any atom is 0.168 e. The largest absolute Gasteiger partial charge is 0.393 e. The highest BCUT2D eigenvalue weighted by atomic mass is 16.7. The Morgan fingerprint density at radius 3 is 2.48 bits per heavy atom. The Kier molecular flexibility index (Phi) is 4.35. The summed E-state index contributed by atoms with van der Waals surface area (Å²) in [6, 6.07) is 0. The van der Waals surface area contributed by atoms with Crippen molar-refractivity contribution in [1.82, 2.24) is 0 Å². The summed E-state index contributed by atoms with van der Waals surface area (Å²) in [5.74, 6) is 3.40. The van der Waals surface area contributed by atoms with Crippen molar-refractivity contribution in [2.75, 3.05) is 13.2 Å². The third-order valence-electron chi connectivity index (χ3n) is 10.1. The van der Waals surface area contributed by atoms with Gasteiger partial charge in [-0.2, -0.15) is 0 Å². The highest BCUT2D eigenvalue weighted by Crippen LogP contribution is 2.69. The Labute approximate surface area is 164 Å². The summed E-state index contributed by atoms with van der Waals surface area (Å²) in [5.41, 5.74) is 0.565. The molecular formula is C24H38O3. The monoisotopic (exact) mass is 374 g/mol. The van der Waals surface area contributed by atoms with Crippen LogP contribution in [0.4, 0.5) is 0 Å². The Bertz CT molecular complexity index is 596. The maximum atomic E-state index is 10.8. The molecule has 0 aromatic carbocycles. The second kappa shape index (κ2) is 6.31. The highest BCUT2D eigenvalue weighted by Gasteiger charge is 2.63. The molecule has 1 aliphatic heterocycles. The van der Waals surface area contributed by atoms with Crippen molar-refractivity contribution in [3.63, 3.8) is 0 Å². The summed E-state index contributed by atoms with van der Waals surface area (Å²) in [6.07, 6.45) is 12.6. The molecule has 4 saturated carbocycles. The molecule has 1 N–H and O–H groups in total. The lowest BCUT2D eigenvalue weighted by molar-refractivity contribution is -0.237. The maximum absolute atomic E-state index is 10.8. The van der Waals surface area contributed by atoms with Crippen LogP contribution in [0.1, 0.15) is 71.6 Å². The molecule has 0 amide bonds. The molecule has 0 aromatic rings. The fourth-order valence-electron chi connectivity index (χ4n) is 8.56. The molecule has 1 saturated heterocycles. The van der Waals surface area contributed by atoms with Gasteiger partial charge in [-0.1, -0.05) is 19.9 Å². The number of ether oxygens (including phenoxy) is 2. The number of allylic oxidation sites excluding steroid dienone is 1.